The Labute approximate surface area is 170 Å². The van der Waals surface area contributed by atoms with Crippen LogP contribution in [0, 0.1) is 0 Å². The van der Waals surface area contributed by atoms with Crippen LogP contribution in [0.5, 0.6) is 0 Å². The van der Waals surface area contributed by atoms with Gasteiger partial charge in [-0.05, 0) is 0 Å². The molecule has 4 aromatic rings. The van der Waals surface area contributed by atoms with Gasteiger partial charge >= 0.3 is 40.1 Å². The fourth-order valence-corrected chi connectivity index (χ4v) is 2.14. The molecule has 0 aromatic heterocycles. The van der Waals surface area contributed by atoms with Crippen LogP contribution in [0.1, 0.15) is 0 Å². The molecule has 4 heteroatoms. The van der Waals surface area contributed by atoms with Gasteiger partial charge in [0.25, 0.3) is 0 Å². The third-order valence-electron chi connectivity index (χ3n) is 3.10. The number of halogens is 2. The van der Waals surface area contributed by atoms with Crippen LogP contribution < -0.4 is 24.8 Å². The minimum atomic E-state index is -0.333. The summed E-state index contributed by atoms with van der Waals surface area (Å²) in [6.07, 6.45) is 0. The average molecular weight is 452 g/mol. The summed E-state index contributed by atoms with van der Waals surface area (Å²) in [6, 6.07) is 29.3. The van der Waals surface area contributed by atoms with Gasteiger partial charge in [0.05, 0.1) is 0 Å². The van der Waals surface area contributed by atoms with Crippen LogP contribution in [0.25, 0.3) is 21.5 Å². The Hall–Kier alpha value is -0.503. The first kappa shape index (κ1) is 23.5. The molecule has 24 heavy (non-hydrogen) atoms. The van der Waals surface area contributed by atoms with Crippen molar-refractivity contribution in [3.05, 3.63) is 84.9 Å². The molecule has 0 bridgehead atoms. The topological polar surface area (TPSA) is 0 Å². The first-order valence-corrected chi connectivity index (χ1v) is 16.7. The minimum Gasteiger partial charge on any atom is -1.00 e. The van der Waals surface area contributed by atoms with Gasteiger partial charge in [-0.2, -0.15) is 35.0 Å². The van der Waals surface area contributed by atoms with Gasteiger partial charge in [0, 0.05) is 0 Å². The molecule has 0 N–H and O–H groups in total. The normalized spacial score (nSPS) is 8.83. The molecule has 0 aliphatic carbocycles. The largest absolute Gasteiger partial charge is 1.00 e. The van der Waals surface area contributed by atoms with Crippen LogP contribution in [0.2, 0.25) is 11.5 Å². The Kier molecular flexibility index (Phi) is 12.5. The molecule has 0 aliphatic rings. The monoisotopic (exact) mass is 452 g/mol. The third kappa shape index (κ3) is 8.05. The molecule has 4 rings (SSSR count). The Morgan fingerprint density at radius 1 is 0.667 bits per heavy atom. The molecular weight excluding hydrogens is 432 g/mol. The summed E-state index contributed by atoms with van der Waals surface area (Å²) in [5, 5.41) is 5.32. The second kappa shape index (κ2) is 12.8. The predicted octanol–water partition coefficient (Wildman–Crippen LogP) is -0.0903. The van der Waals surface area contributed by atoms with E-state index < -0.39 is 0 Å². The molecule has 0 spiro atoms. The second-order valence-electron chi connectivity index (χ2n) is 5.31. The fourth-order valence-electron chi connectivity index (χ4n) is 2.14. The van der Waals surface area contributed by atoms with Gasteiger partial charge in [0.1, 0.15) is 0 Å². The number of rotatable bonds is 0. The minimum absolute atomic E-state index is 0. The van der Waals surface area contributed by atoms with Crippen molar-refractivity contribution >= 4 is 32.5 Å². The molecule has 0 saturated carbocycles. The maximum Gasteiger partial charge on any atom is -0.0809 e. The van der Waals surface area contributed by atoms with E-state index in [1.807, 2.05) is 0 Å². The van der Waals surface area contributed by atoms with E-state index in [-0.39, 0.29) is 35.8 Å². The molecule has 0 fully saturated rings. The zero-order valence-corrected chi connectivity index (χ0v) is 19.0. The van der Waals surface area contributed by atoms with Crippen LogP contribution in [0.15, 0.2) is 84.9 Å². The maximum atomic E-state index is 2.33. The summed E-state index contributed by atoms with van der Waals surface area (Å²) in [6.45, 7) is 0. The van der Waals surface area contributed by atoms with E-state index in [1.54, 1.807) is 0 Å². The SMILES string of the molecule is [CH3][Ge]([CH3])=[Ti+2].[Cl-].[Cl-].c1ccc2[cH-]ccc2c1.c1ccc2[cH-]ccc2c1. The maximum absolute atomic E-state index is 2.33. The van der Waals surface area contributed by atoms with Gasteiger partial charge in [-0.25, -0.2) is 0 Å². The number of fused-ring (bicyclic) bond motifs is 2. The Morgan fingerprint density at radius 3 is 1.33 bits per heavy atom. The van der Waals surface area contributed by atoms with Gasteiger partial charge in [-0.1, -0.05) is 12.1 Å². The Bertz CT molecular complexity index is 718. The smallest absolute Gasteiger partial charge is 0.0809 e. The Morgan fingerprint density at radius 2 is 1.00 bits per heavy atom. The summed E-state index contributed by atoms with van der Waals surface area (Å²) < 4.78 is 0. The number of benzene rings is 2. The van der Waals surface area contributed by atoms with Crippen LogP contribution >= 0.6 is 0 Å². The third-order valence-corrected chi connectivity index (χ3v) is 3.10. The van der Waals surface area contributed by atoms with E-state index in [0.29, 0.717) is 0 Å². The van der Waals surface area contributed by atoms with Crippen molar-refractivity contribution in [3.63, 3.8) is 0 Å². The first-order chi connectivity index (χ1) is 10.7. The average Bonchev–Trinajstić information content (AvgIpc) is 3.16. The van der Waals surface area contributed by atoms with Crippen LogP contribution in [0.3, 0.4) is 0 Å². The van der Waals surface area contributed by atoms with E-state index in [9.17, 15) is 0 Å². The van der Waals surface area contributed by atoms with E-state index in [0.717, 1.165) is 0 Å². The van der Waals surface area contributed by atoms with Gasteiger partial charge in [-0.15, -0.1) is 59.3 Å². The van der Waals surface area contributed by atoms with Crippen LogP contribution in [-0.2, 0) is 17.6 Å². The number of hydrogen-bond acceptors (Lipinski definition) is 0. The van der Waals surface area contributed by atoms with E-state index in [1.165, 1.54) is 21.5 Å². The Balaban J connectivity index is 0.000000341. The van der Waals surface area contributed by atoms with Crippen molar-refractivity contribution in [3.8, 4) is 0 Å². The molecule has 0 radical (unpaired) electrons. The van der Waals surface area contributed by atoms with Crippen LogP contribution in [0.4, 0.5) is 0 Å². The molecule has 4 aromatic carbocycles. The van der Waals surface area contributed by atoms with Crippen LogP contribution in [-0.4, -0.2) is 11.0 Å². The molecule has 0 saturated heterocycles. The van der Waals surface area contributed by atoms with Gasteiger partial charge < -0.3 is 24.8 Å². The molecule has 0 unspecified atom stereocenters. The summed E-state index contributed by atoms with van der Waals surface area (Å²) in [5.74, 6) is 4.67. The zero-order valence-electron chi connectivity index (χ0n) is 13.8. The molecule has 124 valence electrons. The summed E-state index contributed by atoms with van der Waals surface area (Å²) >= 11 is 2.33. The summed E-state index contributed by atoms with van der Waals surface area (Å²) in [5.41, 5.74) is 0. The quantitative estimate of drug-likeness (QED) is 0.259. The molecular formula is C20H20Cl2GeTi-2. The molecule has 0 amide bonds. The molecule has 0 nitrogen and oxygen atoms in total. The first-order valence-electron chi connectivity index (χ1n) is 7.39. The van der Waals surface area contributed by atoms with Gasteiger partial charge in [-0.3, -0.25) is 0 Å². The fraction of sp³-hybridized carbons (Fsp3) is 0.100. The summed E-state index contributed by atoms with van der Waals surface area (Å²) in [4.78, 5) is 0. The molecule has 0 atom stereocenters. The summed E-state index contributed by atoms with van der Waals surface area (Å²) in [7, 11) is -0.333. The van der Waals surface area contributed by atoms with Crippen molar-refractivity contribution in [2.75, 3.05) is 0 Å². The van der Waals surface area contributed by atoms with E-state index in [4.69, 9.17) is 0 Å². The van der Waals surface area contributed by atoms with Crippen molar-refractivity contribution in [2.24, 2.45) is 0 Å². The van der Waals surface area contributed by atoms with Crippen molar-refractivity contribution in [1.82, 2.24) is 0 Å². The molecule has 0 aliphatic heterocycles. The number of hydrogen-bond donors (Lipinski definition) is 0. The van der Waals surface area contributed by atoms with Crippen molar-refractivity contribution < 1.29 is 42.4 Å². The van der Waals surface area contributed by atoms with Crippen molar-refractivity contribution in [2.45, 2.75) is 11.5 Å². The van der Waals surface area contributed by atoms with Crippen molar-refractivity contribution in [1.29, 1.82) is 0 Å². The van der Waals surface area contributed by atoms with E-state index in [2.05, 4.69) is 114 Å². The molecule has 0 heterocycles. The standard InChI is InChI=1S/2C9H7.C2H6Ge.2ClH.Ti/c2*1-2-5-9-7-3-6-8(9)4-1;1-3-2;;;/h2*1-7H;1-2H3;2*1H;/q2*-1;;;;+2/p-2. The van der Waals surface area contributed by atoms with Gasteiger partial charge in [0.2, 0.25) is 0 Å². The predicted molar refractivity (Wildman–Crippen MR) is 96.6 cm³/mol. The second-order valence-corrected chi connectivity index (χ2v) is 17.6. The van der Waals surface area contributed by atoms with E-state index >= 15 is 0 Å². The zero-order chi connectivity index (χ0) is 15.8. The van der Waals surface area contributed by atoms with Gasteiger partial charge in [0.15, 0.2) is 0 Å².